The van der Waals surface area contributed by atoms with E-state index in [-0.39, 0.29) is 11.8 Å². The maximum atomic E-state index is 12.1. The predicted molar refractivity (Wildman–Crippen MR) is 77.6 cm³/mol. The van der Waals surface area contributed by atoms with E-state index < -0.39 is 0 Å². The number of aromatic nitrogens is 2. The Bertz CT molecular complexity index is 606. The van der Waals surface area contributed by atoms with Gasteiger partial charge >= 0.3 is 0 Å². The average Bonchev–Trinajstić information content (AvgIpc) is 3.10. The first kappa shape index (κ1) is 13.2. The van der Waals surface area contributed by atoms with E-state index in [0.717, 1.165) is 27.7 Å². The molecule has 2 aromatic rings. The number of carbonyl (C=O) groups excluding carboxylic acids is 1. The fraction of sp³-hybridized carbons (Fsp3) is 0.357. The van der Waals surface area contributed by atoms with E-state index in [0.29, 0.717) is 13.2 Å². The van der Waals surface area contributed by atoms with Crippen LogP contribution >= 0.6 is 11.3 Å². The normalized spacial score (nSPS) is 18.1. The van der Waals surface area contributed by atoms with Crippen LogP contribution in [0, 0.1) is 12.8 Å². The van der Waals surface area contributed by atoms with Gasteiger partial charge in [0, 0.05) is 24.6 Å². The van der Waals surface area contributed by atoms with Crippen molar-refractivity contribution in [2.24, 2.45) is 5.92 Å². The minimum atomic E-state index is -0.0432. The van der Waals surface area contributed by atoms with Crippen molar-refractivity contribution in [2.45, 2.75) is 13.3 Å². The van der Waals surface area contributed by atoms with Crippen LogP contribution in [0.1, 0.15) is 12.1 Å². The fourth-order valence-corrected chi connectivity index (χ4v) is 3.04. The summed E-state index contributed by atoms with van der Waals surface area (Å²) in [5, 5.41) is 4.63. The van der Waals surface area contributed by atoms with Gasteiger partial charge in [-0.1, -0.05) is 11.3 Å². The summed E-state index contributed by atoms with van der Waals surface area (Å²) in [4.78, 5) is 20.7. The van der Waals surface area contributed by atoms with Crippen molar-refractivity contribution in [3.63, 3.8) is 0 Å². The van der Waals surface area contributed by atoms with Crippen LogP contribution in [0.5, 0.6) is 0 Å². The second kappa shape index (κ2) is 5.68. The van der Waals surface area contributed by atoms with Crippen LogP contribution in [0.15, 0.2) is 24.5 Å². The highest BCUT2D eigenvalue weighted by molar-refractivity contribution is 7.19. The van der Waals surface area contributed by atoms with Gasteiger partial charge in [-0.2, -0.15) is 0 Å². The Balaban J connectivity index is 1.77. The van der Waals surface area contributed by atoms with Crippen LogP contribution < -0.4 is 5.32 Å². The lowest BCUT2D eigenvalue weighted by atomic mass is 10.1. The molecule has 3 rings (SSSR count). The van der Waals surface area contributed by atoms with Gasteiger partial charge in [-0.05, 0) is 25.5 Å². The SMILES string of the molecule is Cc1nc(-c2cccnc2)sc1NC(=O)C1CCOC1. The van der Waals surface area contributed by atoms with Gasteiger partial charge in [0.2, 0.25) is 5.91 Å². The summed E-state index contributed by atoms with van der Waals surface area (Å²) in [6.45, 7) is 3.08. The van der Waals surface area contributed by atoms with Crippen molar-refractivity contribution < 1.29 is 9.53 Å². The number of nitrogens with one attached hydrogen (secondary N) is 1. The Kier molecular flexibility index (Phi) is 3.75. The fourth-order valence-electron chi connectivity index (χ4n) is 2.08. The van der Waals surface area contributed by atoms with Crippen LogP contribution in [-0.2, 0) is 9.53 Å². The molecule has 1 aliphatic rings. The van der Waals surface area contributed by atoms with Gasteiger partial charge in [-0.25, -0.2) is 4.98 Å². The molecule has 1 aliphatic heterocycles. The van der Waals surface area contributed by atoms with Crippen LogP contribution in [0.4, 0.5) is 5.00 Å². The van der Waals surface area contributed by atoms with Gasteiger partial charge in [-0.3, -0.25) is 9.78 Å². The molecule has 3 heterocycles. The third-order valence-corrected chi connectivity index (χ3v) is 4.36. The third-order valence-electron chi connectivity index (χ3n) is 3.24. The monoisotopic (exact) mass is 289 g/mol. The Morgan fingerprint density at radius 2 is 2.45 bits per heavy atom. The van der Waals surface area contributed by atoms with Gasteiger partial charge in [0.1, 0.15) is 10.0 Å². The zero-order chi connectivity index (χ0) is 13.9. The molecule has 104 valence electrons. The third kappa shape index (κ3) is 2.71. The lowest BCUT2D eigenvalue weighted by Gasteiger charge is -2.07. The van der Waals surface area contributed by atoms with E-state index in [9.17, 15) is 4.79 Å². The molecular formula is C14H15N3O2S. The number of amides is 1. The van der Waals surface area contributed by atoms with Gasteiger partial charge in [0.25, 0.3) is 0 Å². The highest BCUT2D eigenvalue weighted by Crippen LogP contribution is 2.31. The number of thiazole rings is 1. The number of rotatable bonds is 3. The highest BCUT2D eigenvalue weighted by atomic mass is 32.1. The first-order valence-electron chi connectivity index (χ1n) is 6.50. The standard InChI is InChI=1S/C14H15N3O2S/c1-9-13(17-12(18)11-4-6-19-8-11)20-14(16-9)10-3-2-5-15-7-10/h2-3,5,7,11H,4,6,8H2,1H3,(H,17,18). The lowest BCUT2D eigenvalue weighted by Crippen LogP contribution is -2.22. The van der Waals surface area contributed by atoms with E-state index in [1.165, 1.54) is 11.3 Å². The number of pyridine rings is 1. The predicted octanol–water partition coefficient (Wildman–Crippen LogP) is 2.49. The molecule has 1 amide bonds. The summed E-state index contributed by atoms with van der Waals surface area (Å²) in [6.07, 6.45) is 4.29. The smallest absolute Gasteiger partial charge is 0.230 e. The minimum absolute atomic E-state index is 0.0204. The van der Waals surface area contributed by atoms with Crippen molar-refractivity contribution in [3.8, 4) is 10.6 Å². The molecule has 0 bridgehead atoms. The van der Waals surface area contributed by atoms with Crippen LogP contribution in [0.2, 0.25) is 0 Å². The molecule has 1 N–H and O–H groups in total. The topological polar surface area (TPSA) is 64.1 Å². The molecule has 1 saturated heterocycles. The van der Waals surface area contributed by atoms with Gasteiger partial charge < -0.3 is 10.1 Å². The number of carbonyl (C=O) groups is 1. The zero-order valence-corrected chi connectivity index (χ0v) is 11.9. The van der Waals surface area contributed by atoms with E-state index in [1.807, 2.05) is 19.1 Å². The van der Waals surface area contributed by atoms with Crippen LogP contribution in [0.3, 0.4) is 0 Å². The summed E-state index contributed by atoms with van der Waals surface area (Å²) < 4.78 is 5.24. The molecule has 5 nitrogen and oxygen atoms in total. The highest BCUT2D eigenvalue weighted by Gasteiger charge is 2.24. The number of hydrogen-bond acceptors (Lipinski definition) is 5. The summed E-state index contributed by atoms with van der Waals surface area (Å²) in [6, 6.07) is 3.84. The Morgan fingerprint density at radius 1 is 1.55 bits per heavy atom. The molecule has 1 atom stereocenters. The Labute approximate surface area is 121 Å². The number of ether oxygens (including phenoxy) is 1. The van der Waals surface area contributed by atoms with Crippen molar-refractivity contribution in [1.82, 2.24) is 9.97 Å². The lowest BCUT2D eigenvalue weighted by molar-refractivity contribution is -0.119. The second-order valence-electron chi connectivity index (χ2n) is 4.73. The largest absolute Gasteiger partial charge is 0.381 e. The van der Waals surface area contributed by atoms with Gasteiger partial charge in [0.15, 0.2) is 0 Å². The first-order chi connectivity index (χ1) is 9.74. The Hall–Kier alpha value is -1.79. The van der Waals surface area contributed by atoms with Crippen LogP contribution in [0.25, 0.3) is 10.6 Å². The van der Waals surface area contributed by atoms with Crippen molar-refractivity contribution in [3.05, 3.63) is 30.2 Å². The van der Waals surface area contributed by atoms with E-state index in [2.05, 4.69) is 15.3 Å². The zero-order valence-electron chi connectivity index (χ0n) is 11.1. The summed E-state index contributed by atoms with van der Waals surface area (Å²) in [7, 11) is 0. The van der Waals surface area contributed by atoms with Crippen LogP contribution in [-0.4, -0.2) is 29.1 Å². The molecule has 0 aromatic carbocycles. The summed E-state index contributed by atoms with van der Waals surface area (Å²) in [5.74, 6) is -0.0228. The number of hydrogen-bond donors (Lipinski definition) is 1. The minimum Gasteiger partial charge on any atom is -0.381 e. The maximum absolute atomic E-state index is 12.1. The first-order valence-corrected chi connectivity index (χ1v) is 7.32. The number of anilines is 1. The Morgan fingerprint density at radius 3 is 3.15 bits per heavy atom. The molecule has 0 aliphatic carbocycles. The van der Waals surface area contributed by atoms with Crippen molar-refractivity contribution >= 4 is 22.2 Å². The number of nitrogens with zero attached hydrogens (tertiary/aromatic N) is 2. The molecule has 2 aromatic heterocycles. The van der Waals surface area contributed by atoms with E-state index in [1.54, 1.807) is 12.4 Å². The van der Waals surface area contributed by atoms with Crippen molar-refractivity contribution in [1.29, 1.82) is 0 Å². The van der Waals surface area contributed by atoms with Crippen molar-refractivity contribution in [2.75, 3.05) is 18.5 Å². The molecular weight excluding hydrogens is 274 g/mol. The van der Waals surface area contributed by atoms with Gasteiger partial charge in [-0.15, -0.1) is 0 Å². The molecule has 0 spiro atoms. The summed E-state index contributed by atoms with van der Waals surface area (Å²) >= 11 is 1.48. The number of aryl methyl sites for hydroxylation is 1. The second-order valence-corrected chi connectivity index (χ2v) is 5.72. The molecule has 1 unspecified atom stereocenters. The molecule has 0 radical (unpaired) electrons. The van der Waals surface area contributed by atoms with E-state index >= 15 is 0 Å². The average molecular weight is 289 g/mol. The molecule has 0 saturated carbocycles. The summed E-state index contributed by atoms with van der Waals surface area (Å²) in [5.41, 5.74) is 1.80. The van der Waals surface area contributed by atoms with Gasteiger partial charge in [0.05, 0.1) is 18.2 Å². The quantitative estimate of drug-likeness (QED) is 0.943. The molecule has 6 heteroatoms. The van der Waals surface area contributed by atoms with E-state index in [4.69, 9.17) is 4.74 Å². The molecule has 20 heavy (non-hydrogen) atoms. The maximum Gasteiger partial charge on any atom is 0.230 e. The molecule has 1 fully saturated rings.